The molecule has 0 aliphatic carbocycles. The van der Waals surface area contributed by atoms with Gasteiger partial charge >= 0.3 is 132 Å². The summed E-state index contributed by atoms with van der Waals surface area (Å²) >= 11 is 1.07. The molecule has 0 N–H and O–H groups in total. The molecule has 0 radical (unpaired) electrons. The van der Waals surface area contributed by atoms with Gasteiger partial charge in [-0.15, -0.1) is 0 Å². The molecule has 2 aromatic rings. The van der Waals surface area contributed by atoms with Crippen molar-refractivity contribution in [3.63, 3.8) is 0 Å². The molecule has 1 aliphatic rings. The van der Waals surface area contributed by atoms with Crippen LogP contribution in [0.15, 0.2) is 60.2 Å². The van der Waals surface area contributed by atoms with Gasteiger partial charge in [-0.05, 0) is 73.9 Å². The first kappa shape index (κ1) is 78.3. The van der Waals surface area contributed by atoms with E-state index in [1.165, 1.54) is 384 Å². The zero-order valence-corrected chi connectivity index (χ0v) is 58.9. The third-order valence-corrected chi connectivity index (χ3v) is 20.5. The van der Waals surface area contributed by atoms with Crippen LogP contribution < -0.4 is 0 Å². The molecule has 1 aliphatic heterocycles. The van der Waals surface area contributed by atoms with E-state index in [9.17, 15) is 5.53 Å². The van der Waals surface area contributed by atoms with Gasteiger partial charge < -0.3 is 5.53 Å². The van der Waals surface area contributed by atoms with Crippen molar-refractivity contribution in [3.05, 3.63) is 88.0 Å². The molecule has 2 aromatic carbocycles. The van der Waals surface area contributed by atoms with E-state index in [0.29, 0.717) is 0 Å². The Labute approximate surface area is 535 Å². The number of rotatable bonds is 62. The third-order valence-electron chi connectivity index (χ3n) is 18.3. The van der Waals surface area contributed by atoms with Crippen LogP contribution >= 0.6 is 0 Å². The van der Waals surface area contributed by atoms with Crippen LogP contribution in [0.4, 0.5) is 0 Å². The standard InChI is InChI=1S/C63H106N2.2C9H19.Pd/c1-4-7-10-12-14-16-18-20-21-22-23-24-25-26-27-28-29-30-31-32-34-36-38-40-42-44-51-61-56-62(65(64)63(61)60-53-46-50-57(55-60)47-9-6-3)59-52-45-49-58(54-59)48-43-41-39-37-35-33-19-17-15-13-11-8-5-2;2*1-3-5-7-9-8-6-4-2;/h45-46,49-50,52-56H,4-44,47-48,51H2,1-3H3;2*1,3-9H2,2H3;. The quantitative estimate of drug-likeness (QED) is 0.0358. The average molecular weight is 1250 g/mol. The Hall–Kier alpha value is -1.82. The first-order valence-electron chi connectivity index (χ1n) is 38.2. The topological polar surface area (TPSA) is 25.3 Å². The van der Waals surface area contributed by atoms with Crippen molar-refractivity contribution in [1.29, 1.82) is 0 Å². The van der Waals surface area contributed by atoms with E-state index < -0.39 is 0 Å². The molecule has 0 saturated carbocycles. The SMILES string of the molecule is CCCCCCCCCCCCCCCCCCCCCCCCCCCCC1=C(c2cccc(CCCC)c2)[N+](=[N-])C(c2cccc(CCCCCCCCCCCCCCC)c2)=C1.CCCCCCCC[CH2][Pd][CH2]CCCCCCCC. The maximum atomic E-state index is 11.9. The first-order valence-corrected chi connectivity index (χ1v) is 40.4. The van der Waals surface area contributed by atoms with Crippen LogP contribution in [0.2, 0.25) is 9.79 Å². The Bertz CT molecular complexity index is 1770. The molecule has 0 spiro atoms. The van der Waals surface area contributed by atoms with Crippen LogP contribution in [0.5, 0.6) is 0 Å². The first-order chi connectivity index (χ1) is 41.6. The van der Waals surface area contributed by atoms with Crippen molar-refractivity contribution in [1.82, 2.24) is 0 Å². The third kappa shape index (κ3) is 45.4. The summed E-state index contributed by atoms with van der Waals surface area (Å²) in [6.07, 6.45) is 83.6. The number of allylic oxidation sites excluding steroid dienone is 2. The van der Waals surface area contributed by atoms with E-state index >= 15 is 0 Å². The predicted molar refractivity (Wildman–Crippen MR) is 375 cm³/mol. The van der Waals surface area contributed by atoms with Gasteiger partial charge in [0.1, 0.15) is 0 Å². The molecule has 0 fully saturated rings. The molecule has 3 rings (SSSR count). The number of benzene rings is 2. The van der Waals surface area contributed by atoms with Crippen LogP contribution in [-0.4, -0.2) is 4.70 Å². The Kier molecular flexibility index (Phi) is 57.2. The molecule has 84 heavy (non-hydrogen) atoms. The average Bonchev–Trinajstić information content (AvgIpc) is 2.90. The molecule has 0 unspecified atom stereocenters. The molecule has 0 bridgehead atoms. The molecular weight excluding hydrogens is 1110 g/mol. The molecule has 488 valence electrons. The van der Waals surface area contributed by atoms with E-state index in [4.69, 9.17) is 0 Å². The Morgan fingerprint density at radius 2 is 0.548 bits per heavy atom. The zero-order valence-electron chi connectivity index (χ0n) is 57.3. The van der Waals surface area contributed by atoms with Crippen molar-refractivity contribution in [2.24, 2.45) is 0 Å². The molecular formula is C81H144N2Pd. The Morgan fingerprint density at radius 1 is 0.286 bits per heavy atom. The van der Waals surface area contributed by atoms with Gasteiger partial charge in [0.05, 0.1) is 0 Å². The van der Waals surface area contributed by atoms with Gasteiger partial charge in [-0.2, -0.15) is 0 Å². The van der Waals surface area contributed by atoms with Crippen LogP contribution in [0.3, 0.4) is 0 Å². The van der Waals surface area contributed by atoms with Crippen LogP contribution in [0.25, 0.3) is 16.9 Å². The van der Waals surface area contributed by atoms with Gasteiger partial charge in [0.25, 0.3) is 0 Å². The summed E-state index contributed by atoms with van der Waals surface area (Å²) in [7, 11) is 0. The van der Waals surface area contributed by atoms with Gasteiger partial charge in [-0.25, -0.2) is 4.70 Å². The molecule has 2 nitrogen and oxygen atoms in total. The van der Waals surface area contributed by atoms with Crippen molar-refractivity contribution in [2.75, 3.05) is 0 Å². The van der Waals surface area contributed by atoms with Crippen LogP contribution in [0, 0.1) is 0 Å². The van der Waals surface area contributed by atoms with E-state index in [0.717, 1.165) is 59.8 Å². The monoisotopic (exact) mass is 1250 g/mol. The number of hydrogen-bond donors (Lipinski definition) is 0. The molecule has 1 heterocycles. The summed E-state index contributed by atoms with van der Waals surface area (Å²) in [5.41, 5.74) is 20.2. The van der Waals surface area contributed by atoms with Crippen molar-refractivity contribution >= 4 is 11.4 Å². The molecule has 0 saturated heterocycles. The van der Waals surface area contributed by atoms with Gasteiger partial charge in [0, 0.05) is 22.8 Å². The van der Waals surface area contributed by atoms with E-state index in [1.54, 1.807) is 0 Å². The van der Waals surface area contributed by atoms with Gasteiger partial charge in [0.15, 0.2) is 0 Å². The van der Waals surface area contributed by atoms with Crippen LogP contribution in [0.1, 0.15) is 416 Å². The van der Waals surface area contributed by atoms with Gasteiger partial charge in [0.2, 0.25) is 11.4 Å². The van der Waals surface area contributed by atoms with Gasteiger partial charge in [-0.1, -0.05) is 289 Å². The summed E-state index contributed by atoms with van der Waals surface area (Å²) < 4.78 is 1.53. The normalized spacial score (nSPS) is 12.5. The summed E-state index contributed by atoms with van der Waals surface area (Å²) in [5, 5.41) is 0. The second kappa shape index (κ2) is 61.4. The Balaban J connectivity index is 0.00000108. The van der Waals surface area contributed by atoms with E-state index in [1.807, 2.05) is 0 Å². The van der Waals surface area contributed by atoms with Crippen molar-refractivity contribution in [3.8, 4) is 0 Å². The minimum atomic E-state index is 0.941. The number of aryl methyl sites for hydroxylation is 2. The fourth-order valence-electron chi connectivity index (χ4n) is 12.7. The summed E-state index contributed by atoms with van der Waals surface area (Å²) in [6, 6.07) is 18.0. The number of hydrogen-bond acceptors (Lipinski definition) is 0. The van der Waals surface area contributed by atoms with Crippen LogP contribution in [-0.2, 0) is 30.8 Å². The zero-order chi connectivity index (χ0) is 60.1. The van der Waals surface area contributed by atoms with Crippen molar-refractivity contribution < 1.29 is 22.7 Å². The van der Waals surface area contributed by atoms with Crippen molar-refractivity contribution in [2.45, 2.75) is 417 Å². The second-order valence-corrected chi connectivity index (χ2v) is 28.8. The molecule has 0 atom stereocenters. The minimum absolute atomic E-state index is 0.941. The van der Waals surface area contributed by atoms with Gasteiger partial charge in [-0.3, -0.25) is 0 Å². The summed E-state index contributed by atoms with van der Waals surface area (Å²) in [5.74, 6) is 0. The number of unbranched alkanes of at least 4 members (excludes halogenated alkanes) is 50. The maximum absolute atomic E-state index is 11.9. The molecule has 0 amide bonds. The van der Waals surface area contributed by atoms with E-state index in [-0.39, 0.29) is 0 Å². The Morgan fingerprint density at radius 3 is 0.881 bits per heavy atom. The predicted octanol–water partition coefficient (Wildman–Crippen LogP) is 29.4. The molecule has 0 aromatic heterocycles. The summed E-state index contributed by atoms with van der Waals surface area (Å²) in [6.45, 7) is 11.5. The van der Waals surface area contributed by atoms with E-state index in [2.05, 4.69) is 89.2 Å². The molecule has 3 heteroatoms. The number of nitrogens with zero attached hydrogens (tertiary/aromatic N) is 2. The fourth-order valence-corrected chi connectivity index (χ4v) is 14.6. The summed E-state index contributed by atoms with van der Waals surface area (Å²) in [4.78, 5) is 3.08. The second-order valence-electron chi connectivity index (χ2n) is 26.5. The fraction of sp³-hybridized carbons (Fsp3) is 0.802.